The third-order valence-electron chi connectivity index (χ3n) is 3.21. The molecule has 0 saturated heterocycles. The number of rotatable bonds is 7. The molecule has 0 fully saturated rings. The number of nitrogens with one attached hydrogen (secondary N) is 1. The van der Waals surface area contributed by atoms with Crippen LogP contribution in [0.25, 0.3) is 0 Å². The Labute approximate surface area is 130 Å². The van der Waals surface area contributed by atoms with Crippen molar-refractivity contribution in [3.05, 3.63) is 28.3 Å². The van der Waals surface area contributed by atoms with Gasteiger partial charge in [0, 0.05) is 13.1 Å². The summed E-state index contributed by atoms with van der Waals surface area (Å²) in [5, 5.41) is 16.8. The number of hydrogen-bond donors (Lipinski definition) is 1. The Morgan fingerprint density at radius 3 is 2.81 bits per heavy atom. The maximum atomic E-state index is 6.31. The summed E-state index contributed by atoms with van der Waals surface area (Å²) < 4.78 is 3.72. The van der Waals surface area contributed by atoms with Crippen molar-refractivity contribution in [2.24, 2.45) is 5.92 Å². The minimum Gasteiger partial charge on any atom is -0.311 e. The van der Waals surface area contributed by atoms with Crippen molar-refractivity contribution in [3.8, 4) is 0 Å². The van der Waals surface area contributed by atoms with Crippen LogP contribution in [0.4, 0.5) is 0 Å². The predicted molar refractivity (Wildman–Crippen MR) is 83.3 cm³/mol. The number of halogens is 1. The highest BCUT2D eigenvalue weighted by molar-refractivity contribution is 6.31. The minimum atomic E-state index is 0.588. The Hall–Kier alpha value is -1.40. The van der Waals surface area contributed by atoms with Gasteiger partial charge in [0.05, 0.1) is 34.8 Å². The van der Waals surface area contributed by atoms with E-state index < -0.39 is 0 Å². The van der Waals surface area contributed by atoms with Crippen molar-refractivity contribution in [2.45, 2.75) is 47.3 Å². The molecule has 0 bridgehead atoms. The van der Waals surface area contributed by atoms with Crippen molar-refractivity contribution in [2.75, 3.05) is 6.54 Å². The molecule has 0 saturated carbocycles. The zero-order valence-corrected chi connectivity index (χ0v) is 13.9. The molecule has 2 rings (SSSR count). The fourth-order valence-corrected chi connectivity index (χ4v) is 2.35. The normalized spacial score (nSPS) is 11.5. The molecule has 0 aromatic carbocycles. The standard InChI is InChI=1S/C14H23ClN6/c1-5-21-13(14(15)11(4)18-21)9-20-8-12(17-19-20)7-16-6-10(2)3/h8,10,16H,5-7,9H2,1-4H3. The van der Waals surface area contributed by atoms with Crippen LogP contribution in [-0.4, -0.2) is 31.3 Å². The van der Waals surface area contributed by atoms with E-state index in [1.807, 2.05) is 17.8 Å². The molecule has 0 aliphatic heterocycles. The van der Waals surface area contributed by atoms with Crippen LogP contribution in [0.5, 0.6) is 0 Å². The van der Waals surface area contributed by atoms with Gasteiger partial charge in [0.15, 0.2) is 0 Å². The second-order valence-corrected chi connectivity index (χ2v) is 5.97. The third kappa shape index (κ3) is 4.04. The van der Waals surface area contributed by atoms with E-state index in [1.54, 1.807) is 4.68 Å². The van der Waals surface area contributed by atoms with Gasteiger partial charge >= 0.3 is 0 Å². The lowest BCUT2D eigenvalue weighted by Crippen LogP contribution is -2.19. The highest BCUT2D eigenvalue weighted by Gasteiger charge is 2.13. The molecular formula is C14H23ClN6. The Morgan fingerprint density at radius 2 is 2.14 bits per heavy atom. The van der Waals surface area contributed by atoms with E-state index in [4.69, 9.17) is 11.6 Å². The number of aromatic nitrogens is 5. The van der Waals surface area contributed by atoms with Crippen LogP contribution in [0.1, 0.15) is 37.9 Å². The lowest BCUT2D eigenvalue weighted by Gasteiger charge is -2.05. The number of nitrogens with zero attached hydrogens (tertiary/aromatic N) is 5. The molecule has 0 atom stereocenters. The molecule has 0 spiro atoms. The van der Waals surface area contributed by atoms with Crippen molar-refractivity contribution in [3.63, 3.8) is 0 Å². The van der Waals surface area contributed by atoms with Gasteiger partial charge in [0.1, 0.15) is 0 Å². The van der Waals surface area contributed by atoms with Crippen molar-refractivity contribution in [1.82, 2.24) is 30.1 Å². The molecule has 0 aliphatic rings. The molecule has 0 amide bonds. The van der Waals surface area contributed by atoms with E-state index in [-0.39, 0.29) is 0 Å². The van der Waals surface area contributed by atoms with Crippen LogP contribution < -0.4 is 5.32 Å². The Kier molecular flexibility index (Phi) is 5.36. The number of aryl methyl sites for hydroxylation is 2. The first-order valence-electron chi connectivity index (χ1n) is 7.32. The molecule has 0 aliphatic carbocycles. The lowest BCUT2D eigenvalue weighted by atomic mass is 10.2. The summed E-state index contributed by atoms with van der Waals surface area (Å²) in [5.74, 6) is 0.626. The van der Waals surface area contributed by atoms with E-state index in [0.29, 0.717) is 17.5 Å². The lowest BCUT2D eigenvalue weighted by molar-refractivity contribution is 0.547. The second kappa shape index (κ2) is 7.04. The van der Waals surface area contributed by atoms with E-state index in [2.05, 4.69) is 41.5 Å². The summed E-state index contributed by atoms with van der Waals surface area (Å²) >= 11 is 6.31. The molecule has 2 heterocycles. The first-order valence-corrected chi connectivity index (χ1v) is 7.70. The van der Waals surface area contributed by atoms with Crippen LogP contribution in [0, 0.1) is 12.8 Å². The summed E-state index contributed by atoms with van der Waals surface area (Å²) in [6, 6.07) is 0. The molecule has 1 N–H and O–H groups in total. The maximum absolute atomic E-state index is 6.31. The van der Waals surface area contributed by atoms with Crippen LogP contribution >= 0.6 is 11.6 Å². The molecule has 0 radical (unpaired) electrons. The zero-order chi connectivity index (χ0) is 15.4. The number of hydrogen-bond acceptors (Lipinski definition) is 4. The zero-order valence-electron chi connectivity index (χ0n) is 13.1. The van der Waals surface area contributed by atoms with Gasteiger partial charge in [-0.05, 0) is 26.3 Å². The third-order valence-corrected chi connectivity index (χ3v) is 3.70. The first kappa shape index (κ1) is 16.0. The van der Waals surface area contributed by atoms with E-state index in [0.717, 1.165) is 36.7 Å². The average molecular weight is 311 g/mol. The topological polar surface area (TPSA) is 60.6 Å². The van der Waals surface area contributed by atoms with Crippen molar-refractivity contribution in [1.29, 1.82) is 0 Å². The Bertz CT molecular complexity index is 586. The van der Waals surface area contributed by atoms with Crippen LogP contribution in [0.2, 0.25) is 5.02 Å². The summed E-state index contributed by atoms with van der Waals surface area (Å²) in [7, 11) is 0. The fourth-order valence-electron chi connectivity index (χ4n) is 2.16. The van der Waals surface area contributed by atoms with E-state index in [1.165, 1.54) is 0 Å². The minimum absolute atomic E-state index is 0.588. The predicted octanol–water partition coefficient (Wildman–Crippen LogP) is 2.25. The van der Waals surface area contributed by atoms with Gasteiger partial charge in [-0.1, -0.05) is 30.7 Å². The van der Waals surface area contributed by atoms with Crippen LogP contribution in [-0.2, 0) is 19.6 Å². The maximum Gasteiger partial charge on any atom is 0.0964 e. The first-order chi connectivity index (χ1) is 10.0. The second-order valence-electron chi connectivity index (χ2n) is 5.59. The van der Waals surface area contributed by atoms with E-state index in [9.17, 15) is 0 Å². The highest BCUT2D eigenvalue weighted by atomic mass is 35.5. The van der Waals surface area contributed by atoms with Gasteiger partial charge in [0.25, 0.3) is 0 Å². The van der Waals surface area contributed by atoms with Crippen LogP contribution in [0.15, 0.2) is 6.20 Å². The molecule has 2 aromatic heterocycles. The van der Waals surface area contributed by atoms with Crippen LogP contribution in [0.3, 0.4) is 0 Å². The van der Waals surface area contributed by atoms with Gasteiger partial charge in [-0.25, -0.2) is 4.68 Å². The van der Waals surface area contributed by atoms with E-state index >= 15 is 0 Å². The molecule has 0 unspecified atom stereocenters. The molecule has 6 nitrogen and oxygen atoms in total. The highest BCUT2D eigenvalue weighted by Crippen LogP contribution is 2.20. The summed E-state index contributed by atoms with van der Waals surface area (Å²) in [4.78, 5) is 0. The largest absolute Gasteiger partial charge is 0.311 e. The van der Waals surface area contributed by atoms with Gasteiger partial charge in [-0.3, -0.25) is 4.68 Å². The monoisotopic (exact) mass is 310 g/mol. The van der Waals surface area contributed by atoms with Crippen molar-refractivity contribution >= 4 is 11.6 Å². The van der Waals surface area contributed by atoms with Gasteiger partial charge < -0.3 is 5.32 Å². The molecule has 7 heteroatoms. The SMILES string of the molecule is CCn1nc(C)c(Cl)c1Cn1cc(CNCC(C)C)nn1. The Balaban J connectivity index is 2.02. The molecule has 116 valence electrons. The quantitative estimate of drug-likeness (QED) is 0.852. The summed E-state index contributed by atoms with van der Waals surface area (Å²) in [5.41, 5.74) is 2.77. The van der Waals surface area contributed by atoms with Gasteiger partial charge in [-0.2, -0.15) is 5.10 Å². The molecule has 21 heavy (non-hydrogen) atoms. The average Bonchev–Trinajstić information content (AvgIpc) is 2.98. The molecular weight excluding hydrogens is 288 g/mol. The smallest absolute Gasteiger partial charge is 0.0964 e. The molecule has 2 aromatic rings. The summed E-state index contributed by atoms with van der Waals surface area (Å²) in [6.45, 7) is 11.4. The van der Waals surface area contributed by atoms with Gasteiger partial charge in [-0.15, -0.1) is 5.10 Å². The fraction of sp³-hybridized carbons (Fsp3) is 0.643. The van der Waals surface area contributed by atoms with Crippen molar-refractivity contribution < 1.29 is 0 Å². The van der Waals surface area contributed by atoms with Gasteiger partial charge in [0.2, 0.25) is 0 Å². The summed E-state index contributed by atoms with van der Waals surface area (Å²) in [6.07, 6.45) is 1.95. The Morgan fingerprint density at radius 1 is 1.38 bits per heavy atom.